The van der Waals surface area contributed by atoms with Gasteiger partial charge in [0, 0.05) is 18.9 Å². The average molecular weight is 395 g/mol. The van der Waals surface area contributed by atoms with Crippen molar-refractivity contribution in [3.05, 3.63) is 40.6 Å². The molecular weight excluding hydrogens is 376 g/mol. The lowest BCUT2D eigenvalue weighted by molar-refractivity contribution is 0.252. The van der Waals surface area contributed by atoms with Crippen LogP contribution in [0, 0.1) is 0 Å². The molecule has 0 unspecified atom stereocenters. The van der Waals surface area contributed by atoms with Gasteiger partial charge < -0.3 is 14.8 Å². The number of carbonyl (C=O) groups is 1. The molecule has 0 bridgehead atoms. The highest BCUT2D eigenvalue weighted by Crippen LogP contribution is 2.28. The van der Waals surface area contributed by atoms with E-state index in [2.05, 4.69) is 36.5 Å². The van der Waals surface area contributed by atoms with Gasteiger partial charge in [0.1, 0.15) is 0 Å². The van der Waals surface area contributed by atoms with Gasteiger partial charge in [-0.1, -0.05) is 6.07 Å². The van der Waals surface area contributed by atoms with Gasteiger partial charge in [-0.3, -0.25) is 5.32 Å². The summed E-state index contributed by atoms with van der Waals surface area (Å²) in [6.45, 7) is 2.97. The first-order chi connectivity index (χ1) is 11.6. The number of halogens is 1. The van der Waals surface area contributed by atoms with Gasteiger partial charge in [0.25, 0.3) is 0 Å². The van der Waals surface area contributed by atoms with Crippen LogP contribution in [0.3, 0.4) is 0 Å². The molecule has 7 nitrogen and oxygen atoms in total. The van der Waals surface area contributed by atoms with E-state index in [0.717, 1.165) is 10.0 Å². The molecule has 0 spiro atoms. The van der Waals surface area contributed by atoms with Crippen molar-refractivity contribution in [2.45, 2.75) is 13.3 Å². The van der Waals surface area contributed by atoms with Crippen LogP contribution in [0.4, 0.5) is 10.7 Å². The number of amides is 2. The topological polar surface area (TPSA) is 85.4 Å². The van der Waals surface area contributed by atoms with E-state index >= 15 is 0 Å². The van der Waals surface area contributed by atoms with E-state index in [4.69, 9.17) is 9.47 Å². The Kier molecular flexibility index (Phi) is 6.80. The van der Waals surface area contributed by atoms with Gasteiger partial charge >= 0.3 is 6.03 Å². The maximum atomic E-state index is 11.8. The van der Waals surface area contributed by atoms with Crippen molar-refractivity contribution >= 4 is 27.9 Å². The smallest absolute Gasteiger partial charge is 0.321 e. The first kappa shape index (κ1) is 18.0. The third kappa shape index (κ3) is 5.38. The molecule has 1 aromatic heterocycles. The van der Waals surface area contributed by atoms with E-state index in [1.165, 1.54) is 0 Å². The summed E-state index contributed by atoms with van der Waals surface area (Å²) in [6.07, 6.45) is 3.79. The molecule has 0 fully saturated rings. The van der Waals surface area contributed by atoms with E-state index in [9.17, 15) is 4.79 Å². The van der Waals surface area contributed by atoms with Crippen molar-refractivity contribution in [3.63, 3.8) is 0 Å². The van der Waals surface area contributed by atoms with Crippen LogP contribution in [0.2, 0.25) is 0 Å². The molecule has 2 aromatic rings. The summed E-state index contributed by atoms with van der Waals surface area (Å²) >= 11 is 3.23. The largest absolute Gasteiger partial charge is 0.493 e. The Morgan fingerprint density at radius 1 is 1.25 bits per heavy atom. The van der Waals surface area contributed by atoms with Crippen molar-refractivity contribution in [2.24, 2.45) is 0 Å². The van der Waals surface area contributed by atoms with Gasteiger partial charge in [-0.25, -0.2) is 14.8 Å². The predicted octanol–water partition coefficient (Wildman–Crippen LogP) is 3.01. The van der Waals surface area contributed by atoms with Gasteiger partial charge in [0.2, 0.25) is 5.95 Å². The summed E-state index contributed by atoms with van der Waals surface area (Å²) in [5.74, 6) is 1.64. The quantitative estimate of drug-likeness (QED) is 0.753. The summed E-state index contributed by atoms with van der Waals surface area (Å²) in [4.78, 5) is 19.7. The number of benzene rings is 1. The fraction of sp³-hybridized carbons (Fsp3) is 0.312. The maximum Gasteiger partial charge on any atom is 0.321 e. The molecular formula is C16H19BrN4O3. The van der Waals surface area contributed by atoms with Crippen molar-refractivity contribution in [3.8, 4) is 11.5 Å². The lowest BCUT2D eigenvalue weighted by Gasteiger charge is -2.11. The molecule has 0 aliphatic rings. The van der Waals surface area contributed by atoms with Crippen molar-refractivity contribution < 1.29 is 14.3 Å². The zero-order valence-electron chi connectivity index (χ0n) is 13.5. The molecule has 2 amide bonds. The molecule has 8 heteroatoms. The molecule has 0 atom stereocenters. The lowest BCUT2D eigenvalue weighted by Crippen LogP contribution is -2.31. The van der Waals surface area contributed by atoms with Crippen molar-refractivity contribution in [1.82, 2.24) is 15.3 Å². The van der Waals surface area contributed by atoms with Crippen LogP contribution in [0.5, 0.6) is 11.5 Å². The summed E-state index contributed by atoms with van der Waals surface area (Å²) in [5, 5.41) is 5.32. The second kappa shape index (κ2) is 9.07. The number of hydrogen-bond donors (Lipinski definition) is 2. The first-order valence-corrected chi connectivity index (χ1v) is 8.23. The number of aromatic nitrogens is 2. The van der Waals surface area contributed by atoms with E-state index in [1.807, 2.05) is 25.1 Å². The Morgan fingerprint density at radius 2 is 2.00 bits per heavy atom. The third-order valence-electron chi connectivity index (χ3n) is 3.07. The minimum atomic E-state index is -0.352. The normalized spacial score (nSPS) is 10.1. The molecule has 0 saturated heterocycles. The molecule has 2 N–H and O–H groups in total. The Bertz CT molecular complexity index is 680. The van der Waals surface area contributed by atoms with Gasteiger partial charge in [0.15, 0.2) is 11.5 Å². The molecule has 24 heavy (non-hydrogen) atoms. The van der Waals surface area contributed by atoms with Crippen molar-refractivity contribution in [2.75, 3.05) is 25.6 Å². The standard InChI is InChI=1S/C16H19BrN4O3/c1-3-24-13-5-4-11(8-14(13)23-2)6-7-18-16(22)21-15-19-9-12(17)10-20-15/h4-5,8-10H,3,6-7H2,1-2H3,(H2,18,19,20,21,22). The highest BCUT2D eigenvalue weighted by molar-refractivity contribution is 9.10. The Hall–Kier alpha value is -2.35. The van der Waals surface area contributed by atoms with E-state index in [1.54, 1.807) is 19.5 Å². The van der Waals surface area contributed by atoms with Gasteiger partial charge in [-0.15, -0.1) is 0 Å². The number of hydrogen-bond acceptors (Lipinski definition) is 5. The Labute approximate surface area is 148 Å². The number of methoxy groups -OCH3 is 1. The molecule has 0 aliphatic heterocycles. The molecule has 0 aliphatic carbocycles. The number of carbonyl (C=O) groups excluding carboxylic acids is 1. The number of urea groups is 1. The molecule has 2 rings (SSSR count). The van der Waals surface area contributed by atoms with Crippen molar-refractivity contribution in [1.29, 1.82) is 0 Å². The minimum absolute atomic E-state index is 0.249. The molecule has 1 aromatic carbocycles. The Morgan fingerprint density at radius 3 is 2.67 bits per heavy atom. The van der Waals surface area contributed by atoms with Crippen LogP contribution in [-0.4, -0.2) is 36.3 Å². The third-order valence-corrected chi connectivity index (χ3v) is 3.48. The highest BCUT2D eigenvalue weighted by Gasteiger charge is 2.07. The summed E-state index contributed by atoms with van der Waals surface area (Å²) in [6, 6.07) is 5.37. The molecule has 0 saturated carbocycles. The Balaban J connectivity index is 1.82. The van der Waals surface area contributed by atoms with Gasteiger partial charge in [-0.05, 0) is 47.0 Å². The molecule has 0 radical (unpaired) electrons. The highest BCUT2D eigenvalue weighted by atomic mass is 79.9. The minimum Gasteiger partial charge on any atom is -0.493 e. The van der Waals surface area contributed by atoms with Crippen LogP contribution in [0.25, 0.3) is 0 Å². The zero-order chi connectivity index (χ0) is 17.4. The van der Waals surface area contributed by atoms with Crippen LogP contribution in [0.15, 0.2) is 35.1 Å². The molecule has 128 valence electrons. The van der Waals surface area contributed by atoms with E-state index in [0.29, 0.717) is 31.1 Å². The number of nitrogens with one attached hydrogen (secondary N) is 2. The number of nitrogens with zero attached hydrogens (tertiary/aromatic N) is 2. The molecule has 1 heterocycles. The van der Waals surface area contributed by atoms with Crippen LogP contribution < -0.4 is 20.1 Å². The van der Waals surface area contributed by atoms with E-state index in [-0.39, 0.29) is 12.0 Å². The first-order valence-electron chi connectivity index (χ1n) is 7.44. The van der Waals surface area contributed by atoms with Crippen LogP contribution in [0.1, 0.15) is 12.5 Å². The van der Waals surface area contributed by atoms with Gasteiger partial charge in [-0.2, -0.15) is 0 Å². The summed E-state index contributed by atoms with van der Waals surface area (Å²) in [5.41, 5.74) is 1.04. The second-order valence-corrected chi connectivity index (χ2v) is 5.69. The van der Waals surface area contributed by atoms with Gasteiger partial charge in [0.05, 0.1) is 18.2 Å². The maximum absolute atomic E-state index is 11.8. The van der Waals surface area contributed by atoms with Crippen LogP contribution in [-0.2, 0) is 6.42 Å². The lowest BCUT2D eigenvalue weighted by atomic mass is 10.1. The number of anilines is 1. The predicted molar refractivity (Wildman–Crippen MR) is 94.6 cm³/mol. The monoisotopic (exact) mass is 394 g/mol. The second-order valence-electron chi connectivity index (χ2n) is 4.77. The van der Waals surface area contributed by atoms with Crippen LogP contribution >= 0.6 is 15.9 Å². The zero-order valence-corrected chi connectivity index (χ0v) is 15.1. The number of rotatable bonds is 7. The van der Waals surface area contributed by atoms with E-state index < -0.39 is 0 Å². The fourth-order valence-electron chi connectivity index (χ4n) is 1.99. The summed E-state index contributed by atoms with van der Waals surface area (Å²) < 4.78 is 11.5. The number of ether oxygens (including phenoxy) is 2. The summed E-state index contributed by atoms with van der Waals surface area (Å²) in [7, 11) is 1.60. The fourth-order valence-corrected chi connectivity index (χ4v) is 2.19. The average Bonchev–Trinajstić information content (AvgIpc) is 2.58. The SMILES string of the molecule is CCOc1ccc(CCNC(=O)Nc2ncc(Br)cn2)cc1OC.